The van der Waals surface area contributed by atoms with Gasteiger partial charge in [-0.25, -0.2) is 0 Å². The standard InChI is InChI=1S/C21H18N2O3/c24-10-9-14-4-1-2-5-18(14)22-13-17-16-8-7-15(20-6-3-11-26-20)12-19(16)23-21(17)25/h1-8,11-13,22,24H,9-10H2,(H,23,25)/b17-13-. The second-order valence-corrected chi connectivity index (χ2v) is 6.02. The molecule has 3 N–H and O–H groups in total. The van der Waals surface area contributed by atoms with Gasteiger partial charge in [0.1, 0.15) is 5.76 Å². The average Bonchev–Trinajstić information content (AvgIpc) is 3.28. The van der Waals surface area contributed by atoms with E-state index in [-0.39, 0.29) is 12.5 Å². The van der Waals surface area contributed by atoms with Crippen molar-refractivity contribution in [3.63, 3.8) is 0 Å². The van der Waals surface area contributed by atoms with E-state index in [9.17, 15) is 9.90 Å². The zero-order valence-electron chi connectivity index (χ0n) is 14.0. The van der Waals surface area contributed by atoms with E-state index in [1.165, 1.54) is 0 Å². The Labute approximate surface area is 151 Å². The van der Waals surface area contributed by atoms with E-state index in [0.29, 0.717) is 12.0 Å². The zero-order valence-corrected chi connectivity index (χ0v) is 14.0. The number of hydrogen-bond acceptors (Lipinski definition) is 4. The molecule has 4 rings (SSSR count). The number of anilines is 2. The fraction of sp³-hybridized carbons (Fsp3) is 0.0952. The molecule has 0 unspecified atom stereocenters. The lowest BCUT2D eigenvalue weighted by atomic mass is 10.0. The normalized spacial score (nSPS) is 14.3. The Morgan fingerprint density at radius 2 is 2.00 bits per heavy atom. The van der Waals surface area contributed by atoms with Crippen LogP contribution in [0.25, 0.3) is 16.9 Å². The highest BCUT2D eigenvalue weighted by atomic mass is 16.3. The van der Waals surface area contributed by atoms with Crippen molar-refractivity contribution in [1.29, 1.82) is 0 Å². The first kappa shape index (κ1) is 16.2. The third-order valence-corrected chi connectivity index (χ3v) is 4.38. The molecule has 0 radical (unpaired) electrons. The molecule has 130 valence electrons. The number of nitrogens with one attached hydrogen (secondary N) is 2. The fourth-order valence-corrected chi connectivity index (χ4v) is 3.08. The molecule has 5 nitrogen and oxygen atoms in total. The van der Waals surface area contributed by atoms with Crippen molar-refractivity contribution in [3.05, 3.63) is 78.2 Å². The number of carbonyl (C=O) groups is 1. The van der Waals surface area contributed by atoms with Crippen molar-refractivity contribution < 1.29 is 14.3 Å². The van der Waals surface area contributed by atoms with Gasteiger partial charge in [-0.1, -0.05) is 30.3 Å². The number of furan rings is 1. The summed E-state index contributed by atoms with van der Waals surface area (Å²) in [6.07, 6.45) is 3.89. The van der Waals surface area contributed by atoms with Crippen molar-refractivity contribution in [2.45, 2.75) is 6.42 Å². The maximum atomic E-state index is 12.4. The Morgan fingerprint density at radius 1 is 1.12 bits per heavy atom. The lowest BCUT2D eigenvalue weighted by molar-refractivity contribution is -0.110. The van der Waals surface area contributed by atoms with E-state index < -0.39 is 0 Å². The topological polar surface area (TPSA) is 74.5 Å². The Hall–Kier alpha value is -3.31. The minimum Gasteiger partial charge on any atom is -0.464 e. The van der Waals surface area contributed by atoms with Gasteiger partial charge in [-0.2, -0.15) is 0 Å². The summed E-state index contributed by atoms with van der Waals surface area (Å²) in [4.78, 5) is 12.4. The lowest BCUT2D eigenvalue weighted by Crippen LogP contribution is -2.06. The van der Waals surface area contributed by atoms with Crippen LogP contribution in [0.5, 0.6) is 0 Å². The third kappa shape index (κ3) is 3.00. The van der Waals surface area contributed by atoms with Crippen LogP contribution >= 0.6 is 0 Å². The number of carbonyl (C=O) groups excluding carboxylic acids is 1. The summed E-state index contributed by atoms with van der Waals surface area (Å²) in [5.74, 6) is 0.610. The van der Waals surface area contributed by atoms with Crippen molar-refractivity contribution in [3.8, 4) is 11.3 Å². The SMILES string of the molecule is O=C1Nc2cc(-c3ccco3)ccc2/C1=C/Nc1ccccc1CCO. The molecule has 0 fully saturated rings. The van der Waals surface area contributed by atoms with E-state index in [1.54, 1.807) is 12.5 Å². The number of hydrogen-bond donors (Lipinski definition) is 3. The Bertz CT molecular complexity index is 975. The van der Waals surface area contributed by atoms with Crippen LogP contribution in [0.3, 0.4) is 0 Å². The minimum atomic E-state index is -0.149. The molecule has 2 heterocycles. The number of fused-ring (bicyclic) bond motifs is 1. The molecule has 0 spiro atoms. The van der Waals surface area contributed by atoms with Crippen LogP contribution < -0.4 is 10.6 Å². The van der Waals surface area contributed by atoms with E-state index in [4.69, 9.17) is 4.42 Å². The highest BCUT2D eigenvalue weighted by molar-refractivity contribution is 6.31. The van der Waals surface area contributed by atoms with Crippen molar-refractivity contribution >= 4 is 22.9 Å². The van der Waals surface area contributed by atoms with E-state index >= 15 is 0 Å². The van der Waals surface area contributed by atoms with Crippen molar-refractivity contribution in [2.24, 2.45) is 0 Å². The molecule has 1 aliphatic heterocycles. The molecule has 1 aromatic heterocycles. The number of amides is 1. The lowest BCUT2D eigenvalue weighted by Gasteiger charge is -2.08. The molecule has 0 saturated carbocycles. The molecule has 2 aromatic carbocycles. The molecule has 1 amide bonds. The molecule has 0 aliphatic carbocycles. The van der Waals surface area contributed by atoms with Crippen molar-refractivity contribution in [2.75, 3.05) is 17.2 Å². The molecule has 3 aromatic rings. The summed E-state index contributed by atoms with van der Waals surface area (Å²) in [6.45, 7) is 0.0775. The van der Waals surface area contributed by atoms with Gasteiger partial charge in [0.25, 0.3) is 5.91 Å². The predicted octanol–water partition coefficient (Wildman–Crippen LogP) is 3.89. The van der Waals surface area contributed by atoms with Gasteiger partial charge < -0.3 is 20.2 Å². The first-order chi connectivity index (χ1) is 12.8. The monoisotopic (exact) mass is 346 g/mol. The molecule has 5 heteroatoms. The summed E-state index contributed by atoms with van der Waals surface area (Å²) in [7, 11) is 0. The Morgan fingerprint density at radius 3 is 2.81 bits per heavy atom. The fourth-order valence-electron chi connectivity index (χ4n) is 3.08. The van der Waals surface area contributed by atoms with Gasteiger partial charge in [-0.05, 0) is 36.2 Å². The second-order valence-electron chi connectivity index (χ2n) is 6.02. The summed E-state index contributed by atoms with van der Waals surface area (Å²) in [6, 6.07) is 17.2. The van der Waals surface area contributed by atoms with Crippen LogP contribution in [0.4, 0.5) is 11.4 Å². The van der Waals surface area contributed by atoms with Crippen LogP contribution in [-0.2, 0) is 11.2 Å². The van der Waals surface area contributed by atoms with Gasteiger partial charge in [0.15, 0.2) is 0 Å². The summed E-state index contributed by atoms with van der Waals surface area (Å²) < 4.78 is 5.41. The first-order valence-electron chi connectivity index (χ1n) is 8.41. The zero-order chi connectivity index (χ0) is 17.9. The van der Waals surface area contributed by atoms with E-state index in [1.807, 2.05) is 54.6 Å². The van der Waals surface area contributed by atoms with Gasteiger partial charge in [-0.3, -0.25) is 4.79 Å². The van der Waals surface area contributed by atoms with Gasteiger partial charge in [0, 0.05) is 35.3 Å². The van der Waals surface area contributed by atoms with Gasteiger partial charge in [0.05, 0.1) is 11.8 Å². The van der Waals surface area contributed by atoms with Gasteiger partial charge in [-0.15, -0.1) is 0 Å². The van der Waals surface area contributed by atoms with Crippen LogP contribution in [0.2, 0.25) is 0 Å². The first-order valence-corrected chi connectivity index (χ1v) is 8.41. The molecule has 0 saturated heterocycles. The Kier molecular flexibility index (Phi) is 4.29. The number of aliphatic hydroxyl groups is 1. The average molecular weight is 346 g/mol. The molecule has 26 heavy (non-hydrogen) atoms. The largest absolute Gasteiger partial charge is 0.464 e. The van der Waals surface area contributed by atoms with Crippen LogP contribution in [-0.4, -0.2) is 17.6 Å². The van der Waals surface area contributed by atoms with Crippen LogP contribution in [0.1, 0.15) is 11.1 Å². The highest BCUT2D eigenvalue weighted by Crippen LogP contribution is 2.35. The van der Waals surface area contributed by atoms with E-state index in [2.05, 4.69) is 10.6 Å². The quantitative estimate of drug-likeness (QED) is 0.613. The molecular weight excluding hydrogens is 328 g/mol. The number of benzene rings is 2. The van der Waals surface area contributed by atoms with Crippen LogP contribution in [0, 0.1) is 0 Å². The molecule has 0 atom stereocenters. The predicted molar refractivity (Wildman–Crippen MR) is 102 cm³/mol. The number of rotatable bonds is 5. The second kappa shape index (κ2) is 6.90. The smallest absolute Gasteiger partial charge is 0.257 e. The minimum absolute atomic E-state index is 0.0775. The molecule has 0 bridgehead atoms. The summed E-state index contributed by atoms with van der Waals surface area (Å²) in [5, 5.41) is 15.3. The summed E-state index contributed by atoms with van der Waals surface area (Å²) >= 11 is 0. The van der Waals surface area contributed by atoms with Crippen LogP contribution in [0.15, 0.2) is 71.5 Å². The highest BCUT2D eigenvalue weighted by Gasteiger charge is 2.24. The maximum Gasteiger partial charge on any atom is 0.257 e. The van der Waals surface area contributed by atoms with E-state index in [0.717, 1.165) is 33.8 Å². The van der Waals surface area contributed by atoms with Gasteiger partial charge >= 0.3 is 0 Å². The van der Waals surface area contributed by atoms with Gasteiger partial charge in [0.2, 0.25) is 0 Å². The maximum absolute atomic E-state index is 12.4. The van der Waals surface area contributed by atoms with Crippen molar-refractivity contribution in [1.82, 2.24) is 0 Å². The number of para-hydroxylation sites is 1. The molecule has 1 aliphatic rings. The Balaban J connectivity index is 1.63. The summed E-state index contributed by atoms with van der Waals surface area (Å²) in [5.41, 5.74) is 4.97. The number of aliphatic hydroxyl groups excluding tert-OH is 1. The molecular formula is C21H18N2O3. The third-order valence-electron chi connectivity index (χ3n) is 4.38.